The topological polar surface area (TPSA) is 66.6 Å². The van der Waals surface area contributed by atoms with Crippen molar-refractivity contribution in [2.24, 2.45) is 0 Å². The third-order valence-corrected chi connectivity index (χ3v) is 6.04. The maximum Gasteiger partial charge on any atom is 0.243 e. The van der Waals surface area contributed by atoms with E-state index in [0.717, 1.165) is 25.9 Å². The lowest BCUT2D eigenvalue weighted by atomic mass is 10.1. The van der Waals surface area contributed by atoms with Gasteiger partial charge in [-0.05, 0) is 57.1 Å². The largest absolute Gasteiger partial charge is 0.399 e. The molecule has 0 aliphatic carbocycles. The van der Waals surface area contributed by atoms with E-state index in [4.69, 9.17) is 5.73 Å². The Bertz CT molecular complexity index is 586. The van der Waals surface area contributed by atoms with Crippen LogP contribution in [0.2, 0.25) is 0 Å². The summed E-state index contributed by atoms with van der Waals surface area (Å²) in [7, 11) is 0.246. The third-order valence-electron chi connectivity index (χ3n) is 3.97. The van der Waals surface area contributed by atoms with E-state index in [-0.39, 0.29) is 6.04 Å². The van der Waals surface area contributed by atoms with Crippen molar-refractivity contribution in [2.75, 3.05) is 32.9 Å². The molecule has 6 heteroatoms. The lowest BCUT2D eigenvalue weighted by molar-refractivity contribution is 0.187. The Morgan fingerprint density at radius 2 is 2.10 bits per heavy atom. The van der Waals surface area contributed by atoms with Gasteiger partial charge in [0.05, 0.1) is 4.90 Å². The molecule has 1 aliphatic heterocycles. The molecule has 2 rings (SSSR count). The summed E-state index contributed by atoms with van der Waals surface area (Å²) in [5.41, 5.74) is 6.97. The van der Waals surface area contributed by atoms with Crippen LogP contribution >= 0.6 is 0 Å². The number of hydrogen-bond acceptors (Lipinski definition) is 4. The van der Waals surface area contributed by atoms with E-state index in [1.54, 1.807) is 32.2 Å². The van der Waals surface area contributed by atoms with Crippen LogP contribution in [0.25, 0.3) is 0 Å². The molecule has 0 bridgehead atoms. The first-order valence-electron chi connectivity index (χ1n) is 6.85. The van der Waals surface area contributed by atoms with Crippen LogP contribution in [-0.2, 0) is 10.0 Å². The highest BCUT2D eigenvalue weighted by Crippen LogP contribution is 2.25. The fourth-order valence-corrected chi connectivity index (χ4v) is 4.33. The zero-order valence-corrected chi connectivity index (χ0v) is 13.2. The van der Waals surface area contributed by atoms with E-state index < -0.39 is 10.0 Å². The zero-order chi connectivity index (χ0) is 14.9. The quantitative estimate of drug-likeness (QED) is 0.854. The Hall–Kier alpha value is -1.11. The summed E-state index contributed by atoms with van der Waals surface area (Å²) >= 11 is 0. The number of nitrogens with two attached hydrogens (primary N) is 1. The smallest absolute Gasteiger partial charge is 0.243 e. The van der Waals surface area contributed by atoms with Gasteiger partial charge in [-0.25, -0.2) is 8.42 Å². The van der Waals surface area contributed by atoms with E-state index in [1.807, 2.05) is 7.05 Å². The van der Waals surface area contributed by atoms with Crippen molar-refractivity contribution < 1.29 is 8.42 Å². The van der Waals surface area contributed by atoms with Gasteiger partial charge in [0.2, 0.25) is 10.0 Å². The Morgan fingerprint density at radius 3 is 2.70 bits per heavy atom. The Morgan fingerprint density at radius 1 is 1.40 bits per heavy atom. The molecule has 1 aromatic carbocycles. The molecule has 0 spiro atoms. The molecule has 0 aromatic heterocycles. The fraction of sp³-hybridized carbons (Fsp3) is 0.571. The lowest BCUT2D eigenvalue weighted by Crippen LogP contribution is -2.47. The number of nitrogen functional groups attached to an aromatic ring is 1. The predicted molar refractivity (Wildman–Crippen MR) is 81.1 cm³/mol. The molecule has 1 saturated heterocycles. The molecular weight excluding hydrogens is 274 g/mol. The number of hydrogen-bond donors (Lipinski definition) is 1. The van der Waals surface area contributed by atoms with Crippen LogP contribution in [-0.4, -0.2) is 50.8 Å². The van der Waals surface area contributed by atoms with Gasteiger partial charge >= 0.3 is 0 Å². The van der Waals surface area contributed by atoms with Crippen LogP contribution in [0, 0.1) is 6.92 Å². The van der Waals surface area contributed by atoms with Gasteiger partial charge in [0.15, 0.2) is 0 Å². The number of anilines is 1. The second-order valence-electron chi connectivity index (χ2n) is 5.60. The van der Waals surface area contributed by atoms with Crippen molar-refractivity contribution in [3.63, 3.8) is 0 Å². The van der Waals surface area contributed by atoms with Gasteiger partial charge in [-0.15, -0.1) is 0 Å². The minimum Gasteiger partial charge on any atom is -0.399 e. The summed E-state index contributed by atoms with van der Waals surface area (Å²) in [5.74, 6) is 0. The number of aryl methyl sites for hydroxylation is 1. The summed E-state index contributed by atoms with van der Waals surface area (Å²) in [4.78, 5) is 2.53. The zero-order valence-electron chi connectivity index (χ0n) is 12.3. The summed E-state index contributed by atoms with van der Waals surface area (Å²) in [6.45, 7) is 3.60. The van der Waals surface area contributed by atoms with E-state index in [0.29, 0.717) is 16.1 Å². The fourth-order valence-electron chi connectivity index (χ4n) is 2.75. The normalized spacial score (nSPS) is 21.3. The molecule has 0 amide bonds. The first-order valence-corrected chi connectivity index (χ1v) is 8.29. The molecule has 1 unspecified atom stereocenters. The van der Waals surface area contributed by atoms with Crippen LogP contribution in [0.15, 0.2) is 23.1 Å². The number of benzene rings is 1. The average molecular weight is 297 g/mol. The van der Waals surface area contributed by atoms with Crippen LogP contribution in [0.5, 0.6) is 0 Å². The molecular formula is C14H23N3O2S. The Labute approximate surface area is 121 Å². The standard InChI is InChI=1S/C14H23N3O2S/c1-11-9-12(15)6-7-14(11)20(18,19)17(3)13-5-4-8-16(2)10-13/h6-7,9,13H,4-5,8,10,15H2,1-3H3. The molecule has 112 valence electrons. The van der Waals surface area contributed by atoms with Gasteiger partial charge in [-0.2, -0.15) is 4.31 Å². The molecule has 5 nitrogen and oxygen atoms in total. The van der Waals surface area contributed by atoms with Gasteiger partial charge < -0.3 is 10.6 Å². The molecule has 0 radical (unpaired) electrons. The second-order valence-corrected chi connectivity index (χ2v) is 7.57. The maximum absolute atomic E-state index is 12.7. The van der Waals surface area contributed by atoms with Crippen molar-refractivity contribution in [1.82, 2.24) is 9.21 Å². The highest BCUT2D eigenvalue weighted by molar-refractivity contribution is 7.89. The average Bonchev–Trinajstić information content (AvgIpc) is 2.37. The van der Waals surface area contributed by atoms with Crippen LogP contribution in [0.1, 0.15) is 18.4 Å². The predicted octanol–water partition coefficient (Wildman–Crippen LogP) is 1.29. The summed E-state index contributed by atoms with van der Waals surface area (Å²) in [6.07, 6.45) is 1.94. The first kappa shape index (κ1) is 15.3. The number of nitrogens with zero attached hydrogens (tertiary/aromatic N) is 2. The number of likely N-dealkylation sites (tertiary alicyclic amines) is 1. The summed E-state index contributed by atoms with van der Waals surface area (Å²) in [6, 6.07) is 4.98. The molecule has 1 aliphatic rings. The summed E-state index contributed by atoms with van der Waals surface area (Å²) in [5, 5.41) is 0. The number of rotatable bonds is 3. The van der Waals surface area contributed by atoms with Crippen molar-refractivity contribution >= 4 is 15.7 Å². The van der Waals surface area contributed by atoms with Gasteiger partial charge in [0.25, 0.3) is 0 Å². The third kappa shape index (κ3) is 2.97. The highest BCUT2D eigenvalue weighted by Gasteiger charge is 2.31. The SMILES string of the molecule is Cc1cc(N)ccc1S(=O)(=O)N(C)C1CCCN(C)C1. The number of piperidine rings is 1. The minimum atomic E-state index is -3.46. The van der Waals surface area contributed by atoms with Crippen LogP contribution < -0.4 is 5.73 Å². The van der Waals surface area contributed by atoms with Crippen molar-refractivity contribution in [3.05, 3.63) is 23.8 Å². The second kappa shape index (κ2) is 5.71. The van der Waals surface area contributed by atoms with Gasteiger partial charge in [-0.1, -0.05) is 0 Å². The molecule has 1 atom stereocenters. The van der Waals surface area contributed by atoms with Crippen molar-refractivity contribution in [3.8, 4) is 0 Å². The van der Waals surface area contributed by atoms with Crippen LogP contribution in [0.4, 0.5) is 5.69 Å². The molecule has 2 N–H and O–H groups in total. The minimum absolute atomic E-state index is 0.0377. The van der Waals surface area contributed by atoms with E-state index >= 15 is 0 Å². The van der Waals surface area contributed by atoms with E-state index in [9.17, 15) is 8.42 Å². The first-order chi connectivity index (χ1) is 9.32. The van der Waals surface area contributed by atoms with E-state index in [1.165, 1.54) is 4.31 Å². The Balaban J connectivity index is 2.29. The number of sulfonamides is 1. The Kier molecular flexibility index (Phi) is 4.36. The van der Waals surface area contributed by atoms with Gasteiger partial charge in [0.1, 0.15) is 0 Å². The van der Waals surface area contributed by atoms with Crippen LogP contribution in [0.3, 0.4) is 0 Å². The molecule has 20 heavy (non-hydrogen) atoms. The van der Waals surface area contributed by atoms with Gasteiger partial charge in [-0.3, -0.25) is 0 Å². The molecule has 0 saturated carbocycles. The molecule has 1 fully saturated rings. The van der Waals surface area contributed by atoms with Gasteiger partial charge in [0, 0.05) is 25.3 Å². The lowest BCUT2D eigenvalue weighted by Gasteiger charge is -2.35. The van der Waals surface area contributed by atoms with Crippen molar-refractivity contribution in [1.29, 1.82) is 0 Å². The molecule has 1 aromatic rings. The number of likely N-dealkylation sites (N-methyl/N-ethyl adjacent to an activating group) is 2. The summed E-state index contributed by atoms with van der Waals surface area (Å²) < 4.78 is 27.0. The monoisotopic (exact) mass is 297 g/mol. The van der Waals surface area contributed by atoms with Crippen molar-refractivity contribution in [2.45, 2.75) is 30.7 Å². The molecule has 1 heterocycles. The maximum atomic E-state index is 12.7. The van der Waals surface area contributed by atoms with E-state index in [2.05, 4.69) is 4.90 Å². The highest BCUT2D eigenvalue weighted by atomic mass is 32.2.